The van der Waals surface area contributed by atoms with E-state index in [1.54, 1.807) is 0 Å². The van der Waals surface area contributed by atoms with Crippen LogP contribution in [-0.2, 0) is 27.4 Å². The number of primary amides is 1. The van der Waals surface area contributed by atoms with Crippen molar-refractivity contribution in [3.8, 4) is 0 Å². The summed E-state index contributed by atoms with van der Waals surface area (Å²) in [7, 11) is 0. The molecule has 1 saturated carbocycles. The minimum atomic E-state index is -4.95. The van der Waals surface area contributed by atoms with E-state index in [-0.39, 0.29) is 30.7 Å². The smallest absolute Gasteiger partial charge is 0.372 e. The van der Waals surface area contributed by atoms with Crippen LogP contribution in [-0.4, -0.2) is 43.1 Å². The van der Waals surface area contributed by atoms with Crippen LogP contribution in [0, 0.1) is 5.92 Å². The molecular weight excluding hydrogens is 524 g/mol. The summed E-state index contributed by atoms with van der Waals surface area (Å²) < 4.78 is 86.6. The van der Waals surface area contributed by atoms with Crippen LogP contribution in [0.2, 0.25) is 0 Å². The fourth-order valence-electron chi connectivity index (χ4n) is 5.26. The molecule has 2 aromatic carbocycles. The summed E-state index contributed by atoms with van der Waals surface area (Å²) in [6, 6.07) is 11.3. The molecule has 0 unspecified atom stereocenters. The van der Waals surface area contributed by atoms with Crippen molar-refractivity contribution in [2.75, 3.05) is 26.2 Å². The molecule has 11 heteroatoms. The minimum Gasteiger partial charge on any atom is -0.372 e. The summed E-state index contributed by atoms with van der Waals surface area (Å²) >= 11 is 0. The maximum absolute atomic E-state index is 13.4. The Labute approximate surface area is 223 Å². The summed E-state index contributed by atoms with van der Waals surface area (Å²) in [6.07, 6.45) is -7.34. The van der Waals surface area contributed by atoms with E-state index in [0.29, 0.717) is 31.1 Å². The predicted octanol–water partition coefficient (Wildman–Crippen LogP) is 5.65. The number of hydrogen-bond acceptors (Lipinski definition) is 4. The fraction of sp³-hybridized carbons (Fsp3) is 0.536. The Hall–Kier alpha value is -2.63. The Morgan fingerprint density at radius 3 is 2.21 bits per heavy atom. The second-order valence-electron chi connectivity index (χ2n) is 10.6. The van der Waals surface area contributed by atoms with E-state index in [1.807, 2.05) is 35.2 Å². The Morgan fingerprint density at radius 1 is 1.05 bits per heavy atom. The van der Waals surface area contributed by atoms with Crippen LogP contribution < -0.4 is 11.1 Å². The van der Waals surface area contributed by atoms with E-state index in [9.17, 15) is 31.1 Å². The van der Waals surface area contributed by atoms with Crippen molar-refractivity contribution in [1.29, 1.82) is 0 Å². The summed E-state index contributed by atoms with van der Waals surface area (Å²) in [4.78, 5) is 14.1. The van der Waals surface area contributed by atoms with Crippen molar-refractivity contribution >= 4 is 5.91 Å². The fourth-order valence-corrected chi connectivity index (χ4v) is 5.26. The first kappa shape index (κ1) is 29.4. The number of ether oxygens (including phenoxy) is 1. The molecule has 0 aromatic heterocycles. The second kappa shape index (κ2) is 11.5. The number of rotatable bonds is 10. The van der Waals surface area contributed by atoms with Gasteiger partial charge in [-0.25, -0.2) is 0 Å². The van der Waals surface area contributed by atoms with Crippen molar-refractivity contribution < 1.29 is 35.9 Å². The van der Waals surface area contributed by atoms with Crippen LogP contribution in [0.5, 0.6) is 0 Å². The number of benzene rings is 2. The van der Waals surface area contributed by atoms with E-state index in [2.05, 4.69) is 5.32 Å². The van der Waals surface area contributed by atoms with Crippen molar-refractivity contribution in [1.82, 2.24) is 10.2 Å². The summed E-state index contributed by atoms with van der Waals surface area (Å²) in [6.45, 7) is 2.64. The van der Waals surface area contributed by atoms with Crippen LogP contribution in [0.1, 0.15) is 61.0 Å². The lowest BCUT2D eigenvalue weighted by atomic mass is 9.77. The van der Waals surface area contributed by atoms with E-state index in [0.717, 1.165) is 31.4 Å². The molecule has 2 fully saturated rings. The summed E-state index contributed by atoms with van der Waals surface area (Å²) in [5, 5.41) is 3.52. The molecule has 2 aromatic rings. The first-order chi connectivity index (χ1) is 18.3. The maximum atomic E-state index is 13.4. The minimum absolute atomic E-state index is 0.0498. The molecule has 3 atom stereocenters. The number of nitrogens with zero attached hydrogens (tertiary/aromatic N) is 1. The number of amides is 1. The lowest BCUT2D eigenvalue weighted by Gasteiger charge is -2.50. The van der Waals surface area contributed by atoms with Gasteiger partial charge in [-0.3, -0.25) is 9.69 Å². The summed E-state index contributed by atoms with van der Waals surface area (Å²) in [5.41, 5.74) is 2.60. The number of halogens is 6. The highest BCUT2D eigenvalue weighted by Gasteiger charge is 2.45. The maximum Gasteiger partial charge on any atom is 0.416 e. The van der Waals surface area contributed by atoms with Gasteiger partial charge >= 0.3 is 12.4 Å². The largest absolute Gasteiger partial charge is 0.416 e. The first-order valence-electron chi connectivity index (χ1n) is 13.0. The number of nitrogens with one attached hydrogen (secondary N) is 1. The molecular formula is C28H33F6N3O2. The van der Waals surface area contributed by atoms with Crippen LogP contribution in [0.15, 0.2) is 48.5 Å². The van der Waals surface area contributed by atoms with Gasteiger partial charge in [0.05, 0.1) is 35.9 Å². The van der Waals surface area contributed by atoms with Gasteiger partial charge in [-0.05, 0) is 74.4 Å². The highest BCUT2D eigenvalue weighted by molar-refractivity contribution is 5.76. The molecule has 4 rings (SSSR count). The molecule has 0 bridgehead atoms. The lowest BCUT2D eigenvalue weighted by Crippen LogP contribution is -2.58. The molecule has 0 spiro atoms. The first-order valence-corrected chi connectivity index (χ1v) is 13.0. The number of piperidine rings is 1. The molecule has 1 heterocycles. The highest BCUT2D eigenvalue weighted by Crippen LogP contribution is 2.42. The second-order valence-corrected chi connectivity index (χ2v) is 10.6. The lowest BCUT2D eigenvalue weighted by molar-refractivity contribution is -0.143. The normalized spacial score (nSPS) is 23.5. The van der Waals surface area contributed by atoms with Crippen LogP contribution in [0.3, 0.4) is 0 Å². The standard InChI is InChI=1S/C28H33F6N3O2/c1-18(20-11-22(27(29,30)31)13-23(12-20)28(32,33)34)39-17-26(21-5-3-2-4-6-21)10-9-19(14-36-24-7-8-24)15-37(26)16-25(35)38/h2-6,11-13,18-19,24,36H,7-10,14-17H2,1H3,(H2,35,38)/t18-,19-,26-/m1/s1. The van der Waals surface area contributed by atoms with Crippen LogP contribution >= 0.6 is 0 Å². The van der Waals surface area contributed by atoms with Gasteiger partial charge in [-0.1, -0.05) is 30.3 Å². The van der Waals surface area contributed by atoms with E-state index < -0.39 is 41.0 Å². The summed E-state index contributed by atoms with van der Waals surface area (Å²) in [5.74, 6) is -0.288. The van der Waals surface area contributed by atoms with Crippen molar-refractivity contribution in [3.63, 3.8) is 0 Å². The Kier molecular flexibility index (Phi) is 8.63. The number of carbonyl (C=O) groups excluding carboxylic acids is 1. The van der Waals surface area contributed by atoms with E-state index >= 15 is 0 Å². The van der Waals surface area contributed by atoms with Crippen LogP contribution in [0.4, 0.5) is 26.3 Å². The topological polar surface area (TPSA) is 67.6 Å². The molecule has 1 aliphatic carbocycles. The number of nitrogens with two attached hydrogens (primary N) is 1. The van der Waals surface area contributed by atoms with Gasteiger partial charge in [0.15, 0.2) is 0 Å². The van der Waals surface area contributed by atoms with Gasteiger partial charge in [0.2, 0.25) is 5.91 Å². The zero-order valence-electron chi connectivity index (χ0n) is 21.6. The number of carbonyl (C=O) groups is 1. The zero-order chi connectivity index (χ0) is 28.4. The SMILES string of the molecule is C[C@@H](OC[C@@]1(c2ccccc2)CC[C@H](CNC2CC2)CN1CC(N)=O)c1cc(C(F)(F)F)cc(C(F)(F)F)c1. The quantitative estimate of drug-likeness (QED) is 0.371. The molecule has 1 aliphatic heterocycles. The van der Waals surface area contributed by atoms with Gasteiger partial charge in [0.25, 0.3) is 0 Å². The average Bonchev–Trinajstić information content (AvgIpc) is 3.70. The van der Waals surface area contributed by atoms with Crippen molar-refractivity contribution in [3.05, 3.63) is 70.8 Å². The van der Waals surface area contributed by atoms with Gasteiger partial charge < -0.3 is 15.8 Å². The molecule has 5 nitrogen and oxygen atoms in total. The Bertz CT molecular complexity index is 1100. The molecule has 0 radical (unpaired) electrons. The molecule has 39 heavy (non-hydrogen) atoms. The number of hydrogen-bond donors (Lipinski definition) is 2. The number of alkyl halides is 6. The molecule has 2 aliphatic rings. The van der Waals surface area contributed by atoms with Gasteiger partial charge in [-0.2, -0.15) is 26.3 Å². The van der Waals surface area contributed by atoms with Crippen LogP contribution in [0.25, 0.3) is 0 Å². The Morgan fingerprint density at radius 2 is 1.67 bits per heavy atom. The zero-order valence-corrected chi connectivity index (χ0v) is 21.6. The third kappa shape index (κ3) is 7.32. The predicted molar refractivity (Wildman–Crippen MR) is 133 cm³/mol. The van der Waals surface area contributed by atoms with Gasteiger partial charge in [-0.15, -0.1) is 0 Å². The molecule has 1 amide bonds. The molecule has 1 saturated heterocycles. The third-order valence-corrected chi connectivity index (χ3v) is 7.63. The average molecular weight is 558 g/mol. The van der Waals surface area contributed by atoms with Gasteiger partial charge in [0.1, 0.15) is 0 Å². The number of likely N-dealkylation sites (tertiary alicyclic amines) is 1. The highest BCUT2D eigenvalue weighted by atomic mass is 19.4. The monoisotopic (exact) mass is 557 g/mol. The van der Waals surface area contributed by atoms with Gasteiger partial charge in [0, 0.05) is 12.6 Å². The third-order valence-electron chi connectivity index (χ3n) is 7.63. The van der Waals surface area contributed by atoms with E-state index in [1.165, 1.54) is 6.92 Å². The van der Waals surface area contributed by atoms with Crippen molar-refractivity contribution in [2.24, 2.45) is 11.7 Å². The molecule has 3 N–H and O–H groups in total. The molecule has 214 valence electrons. The van der Waals surface area contributed by atoms with Crippen molar-refractivity contribution in [2.45, 2.75) is 62.6 Å². The van der Waals surface area contributed by atoms with E-state index in [4.69, 9.17) is 10.5 Å². The Balaban J connectivity index is 1.62.